The van der Waals surface area contributed by atoms with E-state index in [9.17, 15) is 9.18 Å². The van der Waals surface area contributed by atoms with E-state index in [1.165, 1.54) is 10.7 Å². The van der Waals surface area contributed by atoms with Crippen molar-refractivity contribution >= 4 is 5.91 Å². The van der Waals surface area contributed by atoms with Crippen LogP contribution in [-0.2, 0) is 0 Å². The van der Waals surface area contributed by atoms with Gasteiger partial charge < -0.3 is 10.0 Å². The summed E-state index contributed by atoms with van der Waals surface area (Å²) < 4.78 is 16.0. The van der Waals surface area contributed by atoms with Crippen LogP contribution in [0.5, 0.6) is 0 Å². The number of amides is 1. The van der Waals surface area contributed by atoms with Gasteiger partial charge in [-0.2, -0.15) is 5.10 Å². The Kier molecular flexibility index (Phi) is 4.17. The zero-order valence-electron chi connectivity index (χ0n) is 13.3. The molecule has 0 bridgehead atoms. The lowest BCUT2D eigenvalue weighted by atomic mass is 10.1. The number of halogens is 1. The first-order valence-corrected chi connectivity index (χ1v) is 7.76. The van der Waals surface area contributed by atoms with Crippen molar-refractivity contribution in [2.75, 3.05) is 13.2 Å². The van der Waals surface area contributed by atoms with Crippen molar-refractivity contribution in [2.45, 2.75) is 32.7 Å². The standard InChI is InChI=1S/C17H20FN3O2/c1-11-9-12(2)21(19-11)16-6-3-13(10-15(16)18)17(23)20(7-8-22)14-4-5-14/h3,6,9-10,14,22H,4-5,7-8H2,1-2H3. The van der Waals surface area contributed by atoms with Crippen LogP contribution in [0.2, 0.25) is 0 Å². The van der Waals surface area contributed by atoms with E-state index >= 15 is 0 Å². The summed E-state index contributed by atoms with van der Waals surface area (Å²) in [5.74, 6) is -0.720. The molecular formula is C17H20FN3O2. The van der Waals surface area contributed by atoms with Crippen LogP contribution in [0.1, 0.15) is 34.6 Å². The number of hydrogen-bond acceptors (Lipinski definition) is 3. The Morgan fingerprint density at radius 3 is 2.65 bits per heavy atom. The zero-order valence-corrected chi connectivity index (χ0v) is 13.3. The second-order valence-corrected chi connectivity index (χ2v) is 5.96. The van der Waals surface area contributed by atoms with Gasteiger partial charge in [-0.1, -0.05) is 0 Å². The number of rotatable bonds is 5. The summed E-state index contributed by atoms with van der Waals surface area (Å²) in [6.07, 6.45) is 1.89. The number of aliphatic hydroxyl groups excluding tert-OH is 1. The Morgan fingerprint density at radius 2 is 2.13 bits per heavy atom. The van der Waals surface area contributed by atoms with Crippen molar-refractivity contribution in [1.82, 2.24) is 14.7 Å². The molecule has 0 saturated heterocycles. The summed E-state index contributed by atoms with van der Waals surface area (Å²) in [6, 6.07) is 6.49. The van der Waals surface area contributed by atoms with E-state index in [1.807, 2.05) is 19.9 Å². The van der Waals surface area contributed by atoms with E-state index in [4.69, 9.17) is 5.11 Å². The average molecular weight is 317 g/mol. The van der Waals surface area contributed by atoms with Crippen LogP contribution < -0.4 is 0 Å². The highest BCUT2D eigenvalue weighted by molar-refractivity contribution is 5.94. The molecule has 1 aromatic heterocycles. The summed E-state index contributed by atoms with van der Waals surface area (Å²) in [5, 5.41) is 13.4. The molecule has 0 aliphatic heterocycles. The number of aromatic nitrogens is 2. The molecule has 5 nitrogen and oxygen atoms in total. The highest BCUT2D eigenvalue weighted by Crippen LogP contribution is 2.28. The minimum Gasteiger partial charge on any atom is -0.395 e. The lowest BCUT2D eigenvalue weighted by Gasteiger charge is -2.21. The third kappa shape index (κ3) is 3.12. The van der Waals surface area contributed by atoms with Crippen LogP contribution in [0.15, 0.2) is 24.3 Å². The molecule has 0 atom stereocenters. The maximum Gasteiger partial charge on any atom is 0.254 e. The van der Waals surface area contributed by atoms with Gasteiger partial charge in [-0.3, -0.25) is 4.79 Å². The lowest BCUT2D eigenvalue weighted by Crippen LogP contribution is -2.35. The summed E-state index contributed by atoms with van der Waals surface area (Å²) in [7, 11) is 0. The molecule has 122 valence electrons. The van der Waals surface area contributed by atoms with E-state index < -0.39 is 5.82 Å². The average Bonchev–Trinajstić information content (AvgIpc) is 3.29. The van der Waals surface area contributed by atoms with Crippen LogP contribution in [0.3, 0.4) is 0 Å². The molecule has 1 aromatic carbocycles. The number of aliphatic hydroxyl groups is 1. The van der Waals surface area contributed by atoms with Crippen LogP contribution >= 0.6 is 0 Å². The summed E-state index contributed by atoms with van der Waals surface area (Å²) in [6.45, 7) is 3.90. The minimum absolute atomic E-state index is 0.0887. The molecule has 1 N–H and O–H groups in total. The van der Waals surface area contributed by atoms with Gasteiger partial charge >= 0.3 is 0 Å². The molecule has 1 saturated carbocycles. The zero-order chi connectivity index (χ0) is 16.6. The van der Waals surface area contributed by atoms with Gasteiger partial charge in [-0.05, 0) is 51.0 Å². The number of hydrogen-bond donors (Lipinski definition) is 1. The minimum atomic E-state index is -0.484. The van der Waals surface area contributed by atoms with Crippen LogP contribution in [0.4, 0.5) is 4.39 Å². The number of nitrogens with zero attached hydrogens (tertiary/aromatic N) is 3. The fraction of sp³-hybridized carbons (Fsp3) is 0.412. The molecule has 1 fully saturated rings. The highest BCUT2D eigenvalue weighted by Gasteiger charge is 2.32. The van der Waals surface area contributed by atoms with Gasteiger partial charge in [0.05, 0.1) is 12.3 Å². The van der Waals surface area contributed by atoms with Crippen molar-refractivity contribution in [1.29, 1.82) is 0 Å². The number of benzene rings is 1. The molecule has 2 aromatic rings. The predicted octanol–water partition coefficient (Wildman–Crippen LogP) is 2.23. The van der Waals surface area contributed by atoms with E-state index in [1.54, 1.807) is 17.0 Å². The van der Waals surface area contributed by atoms with E-state index in [-0.39, 0.29) is 25.1 Å². The topological polar surface area (TPSA) is 58.4 Å². The lowest BCUT2D eigenvalue weighted by molar-refractivity contribution is 0.0707. The predicted molar refractivity (Wildman–Crippen MR) is 84.1 cm³/mol. The van der Waals surface area contributed by atoms with Gasteiger partial charge in [0.2, 0.25) is 0 Å². The monoisotopic (exact) mass is 317 g/mol. The normalized spacial score (nSPS) is 14.1. The molecule has 0 unspecified atom stereocenters. The van der Waals surface area contributed by atoms with Crippen molar-refractivity contribution < 1.29 is 14.3 Å². The van der Waals surface area contributed by atoms with Crippen molar-refractivity contribution in [3.63, 3.8) is 0 Å². The van der Waals surface area contributed by atoms with E-state index in [0.29, 0.717) is 11.3 Å². The summed E-state index contributed by atoms with van der Waals surface area (Å²) in [5.41, 5.74) is 2.27. The molecule has 1 aliphatic carbocycles. The van der Waals surface area contributed by atoms with E-state index in [0.717, 1.165) is 24.2 Å². The van der Waals surface area contributed by atoms with Crippen molar-refractivity contribution in [2.24, 2.45) is 0 Å². The van der Waals surface area contributed by atoms with Crippen molar-refractivity contribution in [3.8, 4) is 5.69 Å². The van der Waals surface area contributed by atoms with Crippen LogP contribution in [0.25, 0.3) is 5.69 Å². The Hall–Kier alpha value is -2.21. The molecule has 3 rings (SSSR count). The molecule has 1 amide bonds. The number of aryl methyl sites for hydroxylation is 2. The first-order chi connectivity index (χ1) is 11.0. The molecule has 23 heavy (non-hydrogen) atoms. The van der Waals surface area contributed by atoms with Gasteiger partial charge in [0.15, 0.2) is 0 Å². The Balaban J connectivity index is 1.89. The summed E-state index contributed by atoms with van der Waals surface area (Å²) in [4.78, 5) is 14.1. The quantitative estimate of drug-likeness (QED) is 0.920. The Labute approximate surface area is 134 Å². The van der Waals surface area contributed by atoms with Gasteiger partial charge in [-0.15, -0.1) is 0 Å². The Bertz CT molecular complexity index is 737. The second kappa shape index (κ2) is 6.12. The molecular weight excluding hydrogens is 297 g/mol. The third-order valence-corrected chi connectivity index (χ3v) is 4.02. The maximum absolute atomic E-state index is 14.5. The number of carbonyl (C=O) groups is 1. The largest absolute Gasteiger partial charge is 0.395 e. The van der Waals surface area contributed by atoms with Crippen LogP contribution in [-0.4, -0.2) is 44.9 Å². The van der Waals surface area contributed by atoms with Gasteiger partial charge in [-0.25, -0.2) is 9.07 Å². The fourth-order valence-corrected chi connectivity index (χ4v) is 2.79. The fourth-order valence-electron chi connectivity index (χ4n) is 2.79. The number of carbonyl (C=O) groups excluding carboxylic acids is 1. The molecule has 1 aliphatic rings. The molecule has 0 spiro atoms. The van der Waals surface area contributed by atoms with Crippen LogP contribution in [0, 0.1) is 19.7 Å². The highest BCUT2D eigenvalue weighted by atomic mass is 19.1. The Morgan fingerprint density at radius 1 is 1.39 bits per heavy atom. The maximum atomic E-state index is 14.5. The smallest absolute Gasteiger partial charge is 0.254 e. The van der Waals surface area contributed by atoms with Crippen molar-refractivity contribution in [3.05, 3.63) is 47.0 Å². The first-order valence-electron chi connectivity index (χ1n) is 7.76. The first kappa shape index (κ1) is 15.7. The van der Waals surface area contributed by atoms with Gasteiger partial charge in [0, 0.05) is 23.8 Å². The van der Waals surface area contributed by atoms with Gasteiger partial charge in [0.25, 0.3) is 5.91 Å². The second-order valence-electron chi connectivity index (χ2n) is 5.96. The molecule has 0 radical (unpaired) electrons. The molecule has 1 heterocycles. The van der Waals surface area contributed by atoms with Gasteiger partial charge in [0.1, 0.15) is 11.5 Å². The van der Waals surface area contributed by atoms with E-state index in [2.05, 4.69) is 5.10 Å². The molecule has 6 heteroatoms. The summed E-state index contributed by atoms with van der Waals surface area (Å²) >= 11 is 0. The third-order valence-electron chi connectivity index (χ3n) is 4.02. The SMILES string of the molecule is Cc1cc(C)n(-c2ccc(C(=O)N(CCO)C3CC3)cc2F)n1.